The van der Waals surface area contributed by atoms with E-state index < -0.39 is 0 Å². The van der Waals surface area contributed by atoms with Gasteiger partial charge in [0.25, 0.3) is 5.91 Å². The van der Waals surface area contributed by atoms with Crippen LogP contribution in [0.25, 0.3) is 5.69 Å². The minimum atomic E-state index is -0.367. The van der Waals surface area contributed by atoms with Crippen molar-refractivity contribution in [1.82, 2.24) is 15.1 Å². The van der Waals surface area contributed by atoms with E-state index in [0.717, 1.165) is 25.9 Å². The van der Waals surface area contributed by atoms with E-state index in [-0.39, 0.29) is 17.8 Å². The number of nitrogens with one attached hydrogen (secondary N) is 1. The first-order chi connectivity index (χ1) is 13.6. The van der Waals surface area contributed by atoms with E-state index >= 15 is 0 Å². The number of amides is 1. The number of hydrogen-bond acceptors (Lipinski definition) is 3. The van der Waals surface area contributed by atoms with Crippen LogP contribution < -0.4 is 10.2 Å². The highest BCUT2D eigenvalue weighted by Gasteiger charge is 2.23. The highest BCUT2D eigenvalue weighted by atomic mass is 19.1. The molecule has 4 rings (SSSR count). The number of aromatic nitrogens is 2. The summed E-state index contributed by atoms with van der Waals surface area (Å²) in [7, 11) is 0. The smallest absolute Gasteiger partial charge is 0.254 e. The number of carbonyl (C=O) groups is 1. The first-order valence-corrected chi connectivity index (χ1v) is 9.54. The molecule has 1 aliphatic heterocycles. The topological polar surface area (TPSA) is 50.2 Å². The Kier molecular flexibility index (Phi) is 5.10. The van der Waals surface area contributed by atoms with E-state index in [1.165, 1.54) is 22.6 Å². The second kappa shape index (κ2) is 7.84. The lowest BCUT2D eigenvalue weighted by Gasteiger charge is -2.34. The van der Waals surface area contributed by atoms with Crippen LogP contribution in [0, 0.1) is 12.7 Å². The quantitative estimate of drug-likeness (QED) is 0.753. The molecule has 0 unspecified atom stereocenters. The zero-order valence-electron chi connectivity index (χ0n) is 15.8. The maximum atomic E-state index is 14.0. The Balaban J connectivity index is 1.41. The number of anilines is 1. The summed E-state index contributed by atoms with van der Waals surface area (Å²) in [4.78, 5) is 15.1. The molecule has 2 heterocycles. The third-order valence-electron chi connectivity index (χ3n) is 5.29. The molecule has 0 radical (unpaired) electrons. The molecule has 2 aromatic carbocycles. The van der Waals surface area contributed by atoms with Crippen molar-refractivity contribution in [2.75, 3.05) is 18.0 Å². The van der Waals surface area contributed by atoms with Crippen LogP contribution in [0.4, 0.5) is 10.1 Å². The van der Waals surface area contributed by atoms with Gasteiger partial charge in [0.05, 0.1) is 17.5 Å². The number of piperidine rings is 1. The largest absolute Gasteiger partial charge is 0.371 e. The lowest BCUT2D eigenvalue weighted by molar-refractivity contribution is 0.0930. The molecule has 1 aromatic heterocycles. The van der Waals surface area contributed by atoms with Crippen LogP contribution in [-0.2, 0) is 0 Å². The molecule has 1 amide bonds. The Hall–Kier alpha value is -3.15. The number of nitrogens with zero attached hydrogens (tertiary/aromatic N) is 3. The predicted octanol–water partition coefficient (Wildman–Crippen LogP) is 3.72. The molecule has 1 N–H and O–H groups in total. The molecule has 0 atom stereocenters. The summed E-state index contributed by atoms with van der Waals surface area (Å²) < 4.78 is 15.5. The Morgan fingerprint density at radius 1 is 1.07 bits per heavy atom. The fraction of sp³-hybridized carbons (Fsp3) is 0.273. The average molecular weight is 378 g/mol. The van der Waals surface area contributed by atoms with E-state index in [9.17, 15) is 9.18 Å². The van der Waals surface area contributed by atoms with Gasteiger partial charge in [-0.2, -0.15) is 5.10 Å². The Morgan fingerprint density at radius 2 is 1.75 bits per heavy atom. The molecule has 0 spiro atoms. The minimum absolute atomic E-state index is 0.128. The van der Waals surface area contributed by atoms with Crippen LogP contribution in [-0.4, -0.2) is 34.8 Å². The van der Waals surface area contributed by atoms with E-state index in [1.807, 2.05) is 18.2 Å². The average Bonchev–Trinajstić information content (AvgIpc) is 3.11. The van der Waals surface area contributed by atoms with E-state index in [2.05, 4.69) is 27.4 Å². The molecule has 6 heteroatoms. The van der Waals surface area contributed by atoms with Crippen molar-refractivity contribution in [2.45, 2.75) is 25.8 Å². The van der Waals surface area contributed by atoms with Gasteiger partial charge in [-0.25, -0.2) is 9.07 Å². The van der Waals surface area contributed by atoms with Gasteiger partial charge in [0.15, 0.2) is 0 Å². The Morgan fingerprint density at radius 3 is 2.46 bits per heavy atom. The Labute approximate surface area is 163 Å². The maximum absolute atomic E-state index is 14.0. The first kappa shape index (κ1) is 18.2. The zero-order valence-corrected chi connectivity index (χ0v) is 15.8. The maximum Gasteiger partial charge on any atom is 0.254 e. The summed E-state index contributed by atoms with van der Waals surface area (Å²) in [6.45, 7) is 3.59. The molecular weight excluding hydrogens is 355 g/mol. The number of para-hydroxylation sites is 2. The fourth-order valence-corrected chi connectivity index (χ4v) is 3.68. The standard InChI is InChI=1S/C22H23FN4O/c1-16-19(15-24-27(16)21-10-6-5-9-20(21)23)22(28)25-17-11-13-26(14-12-17)18-7-3-2-4-8-18/h2-10,15,17H,11-14H2,1H3,(H,25,28). The normalized spacial score (nSPS) is 14.9. The van der Waals surface area contributed by atoms with E-state index in [0.29, 0.717) is 16.9 Å². The first-order valence-electron chi connectivity index (χ1n) is 9.54. The monoisotopic (exact) mass is 378 g/mol. The third-order valence-corrected chi connectivity index (χ3v) is 5.29. The lowest BCUT2D eigenvalue weighted by atomic mass is 10.0. The van der Waals surface area contributed by atoms with Crippen molar-refractivity contribution in [3.8, 4) is 5.69 Å². The molecule has 0 saturated carbocycles. The molecule has 3 aromatic rings. The molecule has 144 valence electrons. The predicted molar refractivity (Wildman–Crippen MR) is 107 cm³/mol. The van der Waals surface area contributed by atoms with Gasteiger partial charge in [-0.1, -0.05) is 30.3 Å². The number of halogens is 1. The van der Waals surface area contributed by atoms with Crippen molar-refractivity contribution < 1.29 is 9.18 Å². The van der Waals surface area contributed by atoms with Gasteiger partial charge < -0.3 is 10.2 Å². The van der Waals surface area contributed by atoms with Gasteiger partial charge in [-0.05, 0) is 44.0 Å². The molecule has 5 nitrogen and oxygen atoms in total. The lowest BCUT2D eigenvalue weighted by Crippen LogP contribution is -2.44. The molecule has 1 fully saturated rings. The summed E-state index contributed by atoms with van der Waals surface area (Å²) in [5.74, 6) is -0.521. The fourth-order valence-electron chi connectivity index (χ4n) is 3.68. The number of rotatable bonds is 4. The molecule has 1 saturated heterocycles. The highest BCUT2D eigenvalue weighted by Crippen LogP contribution is 2.21. The van der Waals surface area contributed by atoms with Gasteiger partial charge in [0, 0.05) is 24.8 Å². The van der Waals surface area contributed by atoms with Crippen molar-refractivity contribution >= 4 is 11.6 Å². The van der Waals surface area contributed by atoms with E-state index in [4.69, 9.17) is 0 Å². The van der Waals surface area contributed by atoms with Crippen LogP contribution in [0.1, 0.15) is 28.9 Å². The van der Waals surface area contributed by atoms with Crippen molar-refractivity contribution in [2.24, 2.45) is 0 Å². The van der Waals surface area contributed by atoms with E-state index in [1.54, 1.807) is 25.1 Å². The van der Waals surface area contributed by atoms with Crippen LogP contribution >= 0.6 is 0 Å². The van der Waals surface area contributed by atoms with Gasteiger partial charge in [0.1, 0.15) is 11.5 Å². The number of hydrogen-bond donors (Lipinski definition) is 1. The SMILES string of the molecule is Cc1c(C(=O)NC2CCN(c3ccccc3)CC2)cnn1-c1ccccc1F. The molecular formula is C22H23FN4O. The summed E-state index contributed by atoms with van der Waals surface area (Å²) in [5.41, 5.74) is 2.67. The highest BCUT2D eigenvalue weighted by molar-refractivity contribution is 5.95. The van der Waals surface area contributed by atoms with Crippen LogP contribution in [0.5, 0.6) is 0 Å². The summed E-state index contributed by atoms with van der Waals surface area (Å²) in [5, 5.41) is 7.34. The second-order valence-corrected chi connectivity index (χ2v) is 7.08. The van der Waals surface area contributed by atoms with Gasteiger partial charge in [-0.15, -0.1) is 0 Å². The van der Waals surface area contributed by atoms with Gasteiger partial charge in [-0.3, -0.25) is 4.79 Å². The van der Waals surface area contributed by atoms with Crippen LogP contribution in [0.3, 0.4) is 0 Å². The molecule has 0 aliphatic carbocycles. The van der Waals surface area contributed by atoms with Crippen LogP contribution in [0.2, 0.25) is 0 Å². The molecule has 28 heavy (non-hydrogen) atoms. The second-order valence-electron chi connectivity index (χ2n) is 7.08. The zero-order chi connectivity index (χ0) is 19.5. The minimum Gasteiger partial charge on any atom is -0.371 e. The third kappa shape index (κ3) is 3.63. The van der Waals surface area contributed by atoms with Crippen molar-refractivity contribution in [3.63, 3.8) is 0 Å². The summed E-state index contributed by atoms with van der Waals surface area (Å²) >= 11 is 0. The molecule has 1 aliphatic rings. The number of benzene rings is 2. The summed E-state index contributed by atoms with van der Waals surface area (Å²) in [6, 6.07) is 16.9. The van der Waals surface area contributed by atoms with Crippen molar-refractivity contribution in [1.29, 1.82) is 0 Å². The molecule has 0 bridgehead atoms. The van der Waals surface area contributed by atoms with Crippen molar-refractivity contribution in [3.05, 3.63) is 77.9 Å². The number of carbonyl (C=O) groups excluding carboxylic acids is 1. The van der Waals surface area contributed by atoms with Crippen LogP contribution in [0.15, 0.2) is 60.8 Å². The summed E-state index contributed by atoms with van der Waals surface area (Å²) in [6.07, 6.45) is 3.29. The van der Waals surface area contributed by atoms with Gasteiger partial charge >= 0.3 is 0 Å². The Bertz CT molecular complexity index is 962. The van der Waals surface area contributed by atoms with Gasteiger partial charge in [0.2, 0.25) is 0 Å².